The largest absolute Gasteiger partial charge is 0.379 e. The summed E-state index contributed by atoms with van der Waals surface area (Å²) in [5.74, 6) is -0.145. The lowest BCUT2D eigenvalue weighted by Gasteiger charge is -2.34. The summed E-state index contributed by atoms with van der Waals surface area (Å²) in [6.45, 7) is 3.70. The highest BCUT2D eigenvalue weighted by Crippen LogP contribution is 2.26. The first-order valence-corrected chi connectivity index (χ1v) is 10.4. The van der Waals surface area contributed by atoms with Crippen molar-refractivity contribution >= 4 is 28.8 Å². The molecule has 1 saturated heterocycles. The quantitative estimate of drug-likeness (QED) is 0.644. The lowest BCUT2D eigenvalue weighted by atomic mass is 10.1. The summed E-state index contributed by atoms with van der Waals surface area (Å²) in [7, 11) is 0. The highest BCUT2D eigenvalue weighted by Gasteiger charge is 2.25. The van der Waals surface area contributed by atoms with Crippen LogP contribution >= 0.6 is 22.9 Å². The van der Waals surface area contributed by atoms with Gasteiger partial charge in [0, 0.05) is 35.1 Å². The lowest BCUT2D eigenvalue weighted by molar-refractivity contribution is 0.0169. The SMILES string of the molecule is O=C(NCC(c1cccs1)N1CCOCC1)c1cn[nH]c1-c1ccc(Cl)cc1. The molecule has 1 aliphatic heterocycles. The molecule has 0 radical (unpaired) electrons. The van der Waals surface area contributed by atoms with E-state index in [1.165, 1.54) is 4.88 Å². The van der Waals surface area contributed by atoms with Crippen LogP contribution in [0.1, 0.15) is 21.3 Å². The van der Waals surface area contributed by atoms with Crippen LogP contribution in [-0.2, 0) is 4.74 Å². The van der Waals surface area contributed by atoms with E-state index in [1.807, 2.05) is 18.2 Å². The third-order valence-electron chi connectivity index (χ3n) is 4.83. The zero-order valence-corrected chi connectivity index (χ0v) is 16.8. The number of rotatable bonds is 6. The van der Waals surface area contributed by atoms with Gasteiger partial charge in [0.1, 0.15) is 0 Å². The summed E-state index contributed by atoms with van der Waals surface area (Å²) in [4.78, 5) is 16.5. The molecule has 0 aliphatic carbocycles. The minimum absolute atomic E-state index is 0.138. The lowest BCUT2D eigenvalue weighted by Crippen LogP contribution is -2.43. The molecule has 146 valence electrons. The van der Waals surface area contributed by atoms with E-state index in [2.05, 4.69) is 31.9 Å². The number of nitrogens with one attached hydrogen (secondary N) is 2. The molecule has 28 heavy (non-hydrogen) atoms. The fourth-order valence-electron chi connectivity index (χ4n) is 3.36. The summed E-state index contributed by atoms with van der Waals surface area (Å²) < 4.78 is 5.48. The number of ether oxygens (including phenoxy) is 1. The summed E-state index contributed by atoms with van der Waals surface area (Å²) in [6.07, 6.45) is 1.56. The molecule has 1 fully saturated rings. The van der Waals surface area contributed by atoms with Gasteiger partial charge in [0.2, 0.25) is 0 Å². The smallest absolute Gasteiger partial charge is 0.255 e. The second kappa shape index (κ2) is 8.87. The van der Waals surface area contributed by atoms with Gasteiger partial charge in [-0.05, 0) is 23.6 Å². The molecule has 2 N–H and O–H groups in total. The number of aromatic nitrogens is 2. The van der Waals surface area contributed by atoms with Crippen molar-refractivity contribution in [1.82, 2.24) is 20.4 Å². The van der Waals surface area contributed by atoms with Gasteiger partial charge in [0.05, 0.1) is 36.7 Å². The average Bonchev–Trinajstić information content (AvgIpc) is 3.42. The highest BCUT2D eigenvalue weighted by molar-refractivity contribution is 7.10. The number of nitrogens with zero attached hydrogens (tertiary/aromatic N) is 2. The first-order valence-electron chi connectivity index (χ1n) is 9.15. The van der Waals surface area contributed by atoms with Gasteiger partial charge in [-0.3, -0.25) is 14.8 Å². The molecule has 1 amide bonds. The maximum atomic E-state index is 12.9. The number of aromatic amines is 1. The van der Waals surface area contributed by atoms with Crippen molar-refractivity contribution in [2.45, 2.75) is 6.04 Å². The van der Waals surface area contributed by atoms with Gasteiger partial charge in [0.15, 0.2) is 0 Å². The molecule has 1 atom stereocenters. The second-order valence-corrected chi connectivity index (χ2v) is 7.97. The molecule has 0 bridgehead atoms. The van der Waals surface area contributed by atoms with Crippen molar-refractivity contribution in [3.8, 4) is 11.3 Å². The van der Waals surface area contributed by atoms with Crippen molar-refractivity contribution < 1.29 is 9.53 Å². The predicted octanol–water partition coefficient (Wildman–Crippen LogP) is 3.59. The van der Waals surface area contributed by atoms with E-state index in [-0.39, 0.29) is 11.9 Å². The van der Waals surface area contributed by atoms with E-state index in [4.69, 9.17) is 16.3 Å². The third-order valence-corrected chi connectivity index (χ3v) is 6.06. The van der Waals surface area contributed by atoms with Crippen LogP contribution < -0.4 is 5.32 Å². The number of morpholine rings is 1. The van der Waals surface area contributed by atoms with Crippen molar-refractivity contribution in [1.29, 1.82) is 0 Å². The Morgan fingerprint density at radius 2 is 2.07 bits per heavy atom. The second-order valence-electron chi connectivity index (χ2n) is 6.56. The Balaban J connectivity index is 1.48. The van der Waals surface area contributed by atoms with E-state index in [0.717, 1.165) is 31.9 Å². The number of amides is 1. The minimum Gasteiger partial charge on any atom is -0.379 e. The topological polar surface area (TPSA) is 70.2 Å². The summed E-state index contributed by atoms with van der Waals surface area (Å²) in [6, 6.07) is 11.6. The van der Waals surface area contributed by atoms with Crippen molar-refractivity contribution in [3.05, 3.63) is 63.4 Å². The monoisotopic (exact) mass is 416 g/mol. The molecule has 1 aromatic carbocycles. The summed E-state index contributed by atoms with van der Waals surface area (Å²) in [5, 5.41) is 12.8. The Kier molecular flexibility index (Phi) is 6.07. The Labute approximate surface area is 172 Å². The Morgan fingerprint density at radius 3 is 2.79 bits per heavy atom. The van der Waals surface area contributed by atoms with Gasteiger partial charge < -0.3 is 10.1 Å². The number of H-pyrrole nitrogens is 1. The number of halogens is 1. The number of thiophene rings is 1. The first kappa shape index (κ1) is 19.1. The van der Waals surface area contributed by atoms with Gasteiger partial charge in [-0.25, -0.2) is 0 Å². The van der Waals surface area contributed by atoms with E-state index in [1.54, 1.807) is 29.7 Å². The maximum absolute atomic E-state index is 12.9. The number of hydrogen-bond acceptors (Lipinski definition) is 5. The predicted molar refractivity (Wildman–Crippen MR) is 111 cm³/mol. The Morgan fingerprint density at radius 1 is 1.29 bits per heavy atom. The van der Waals surface area contributed by atoms with E-state index >= 15 is 0 Å². The minimum atomic E-state index is -0.145. The molecule has 3 aromatic rings. The van der Waals surface area contributed by atoms with Crippen molar-refractivity contribution in [2.24, 2.45) is 0 Å². The summed E-state index contributed by atoms with van der Waals surface area (Å²) >= 11 is 7.68. The third kappa shape index (κ3) is 4.28. The number of hydrogen-bond donors (Lipinski definition) is 2. The van der Waals surface area contributed by atoms with Gasteiger partial charge in [-0.2, -0.15) is 5.10 Å². The van der Waals surface area contributed by atoms with Crippen LogP contribution in [-0.4, -0.2) is 53.9 Å². The Hall–Kier alpha value is -2.19. The standard InChI is InChI=1S/C20H21ClN4O2S/c21-15-5-3-14(4-6-15)19-16(12-23-24-19)20(26)22-13-17(18-2-1-11-28-18)25-7-9-27-10-8-25/h1-6,11-12,17H,7-10,13H2,(H,22,26)(H,23,24). The zero-order chi connectivity index (χ0) is 19.3. The number of carbonyl (C=O) groups excluding carboxylic acids is 1. The van der Waals surface area contributed by atoms with Crippen LogP contribution in [0, 0.1) is 0 Å². The van der Waals surface area contributed by atoms with Crippen LogP contribution in [0.15, 0.2) is 48.0 Å². The van der Waals surface area contributed by atoms with Crippen molar-refractivity contribution in [2.75, 3.05) is 32.8 Å². The fourth-order valence-corrected chi connectivity index (χ4v) is 4.35. The number of carbonyl (C=O) groups is 1. The molecule has 4 rings (SSSR count). The molecule has 2 aromatic heterocycles. The van der Waals surface area contributed by atoms with Gasteiger partial charge in [0.25, 0.3) is 5.91 Å². The fraction of sp³-hybridized carbons (Fsp3) is 0.300. The van der Waals surface area contributed by atoms with Crippen LogP contribution in [0.25, 0.3) is 11.3 Å². The average molecular weight is 417 g/mol. The Bertz CT molecular complexity index is 905. The van der Waals surface area contributed by atoms with Gasteiger partial charge >= 0.3 is 0 Å². The normalized spacial score (nSPS) is 16.0. The molecule has 3 heterocycles. The molecular weight excluding hydrogens is 396 g/mol. The molecule has 1 unspecified atom stereocenters. The molecule has 6 nitrogen and oxygen atoms in total. The molecule has 8 heteroatoms. The molecule has 0 spiro atoms. The summed E-state index contributed by atoms with van der Waals surface area (Å²) in [5.41, 5.74) is 2.08. The van der Waals surface area contributed by atoms with Crippen LogP contribution in [0.3, 0.4) is 0 Å². The van der Waals surface area contributed by atoms with E-state index in [9.17, 15) is 4.79 Å². The van der Waals surface area contributed by atoms with Crippen molar-refractivity contribution in [3.63, 3.8) is 0 Å². The number of benzene rings is 1. The zero-order valence-electron chi connectivity index (χ0n) is 15.2. The van der Waals surface area contributed by atoms with Crippen LogP contribution in [0.2, 0.25) is 5.02 Å². The van der Waals surface area contributed by atoms with E-state index in [0.29, 0.717) is 22.8 Å². The van der Waals surface area contributed by atoms with Gasteiger partial charge in [-0.1, -0.05) is 29.8 Å². The molecule has 1 aliphatic rings. The maximum Gasteiger partial charge on any atom is 0.255 e. The molecule has 0 saturated carbocycles. The molecular formula is C20H21ClN4O2S. The highest BCUT2D eigenvalue weighted by atomic mass is 35.5. The van der Waals surface area contributed by atoms with Crippen LogP contribution in [0.5, 0.6) is 0 Å². The van der Waals surface area contributed by atoms with E-state index < -0.39 is 0 Å². The van der Waals surface area contributed by atoms with Gasteiger partial charge in [-0.15, -0.1) is 11.3 Å². The first-order chi connectivity index (χ1) is 13.7. The van der Waals surface area contributed by atoms with Crippen LogP contribution in [0.4, 0.5) is 0 Å².